The zero-order valence-electron chi connectivity index (χ0n) is 6.70. The molecule has 6 heteroatoms. The number of benzene rings is 1. The van der Waals surface area contributed by atoms with Crippen LogP contribution in [0.25, 0.3) is 11.5 Å². The van der Waals surface area contributed by atoms with Gasteiger partial charge in [-0.25, -0.2) is 9.50 Å². The summed E-state index contributed by atoms with van der Waals surface area (Å²) in [5.41, 5.74) is 0.0593. The van der Waals surface area contributed by atoms with Crippen molar-refractivity contribution in [2.45, 2.75) is 0 Å². The highest BCUT2D eigenvalue weighted by atomic mass is 35.5. The fourth-order valence-electron chi connectivity index (χ4n) is 0.982. The maximum Gasteiger partial charge on any atom is 0.459 e. The van der Waals surface area contributed by atoms with Crippen molar-refractivity contribution in [1.29, 1.82) is 0 Å². The number of hydrogen-bond donors (Lipinski definition) is 0. The normalized spacial score (nSPS) is 10.4. The van der Waals surface area contributed by atoms with Gasteiger partial charge in [-0.1, -0.05) is 16.7 Å². The van der Waals surface area contributed by atoms with E-state index < -0.39 is 11.9 Å². The van der Waals surface area contributed by atoms with E-state index in [1.807, 2.05) is 0 Å². The van der Waals surface area contributed by atoms with Gasteiger partial charge in [-0.15, -0.1) is 5.10 Å². The van der Waals surface area contributed by atoms with Gasteiger partial charge in [0, 0.05) is 5.02 Å². The quantitative estimate of drug-likeness (QED) is 0.732. The van der Waals surface area contributed by atoms with Crippen molar-refractivity contribution in [3.8, 4) is 17.5 Å². The van der Waals surface area contributed by atoms with Crippen molar-refractivity contribution in [1.82, 2.24) is 10.2 Å². The monoisotopic (exact) mass is 213 g/mol. The minimum atomic E-state index is -0.852. The highest BCUT2D eigenvalue weighted by Crippen LogP contribution is 2.25. The lowest BCUT2D eigenvalue weighted by molar-refractivity contribution is 0.239. The van der Waals surface area contributed by atoms with Gasteiger partial charge in [0.1, 0.15) is 5.82 Å². The Hall–Kier alpha value is -1.62. The molecule has 14 heavy (non-hydrogen) atoms. The molecular weight excluding hydrogens is 211 g/mol. The lowest BCUT2D eigenvalue weighted by atomic mass is 10.2. The third kappa shape index (κ3) is 1.54. The molecule has 0 spiro atoms. The number of hydrogen-bond acceptors (Lipinski definition) is 3. The Morgan fingerprint density at radius 2 is 2.14 bits per heavy atom. The van der Waals surface area contributed by atoms with Gasteiger partial charge < -0.3 is 4.42 Å². The average molecular weight is 214 g/mol. The third-order valence-electron chi connectivity index (χ3n) is 1.57. The van der Waals surface area contributed by atoms with E-state index in [1.165, 1.54) is 12.1 Å². The largest absolute Gasteiger partial charge is 0.459 e. The molecule has 0 unspecified atom stereocenters. The molecule has 71 valence electrons. The van der Waals surface area contributed by atoms with Crippen LogP contribution in [0.5, 0.6) is 6.08 Å². The molecule has 1 heterocycles. The first kappa shape index (κ1) is 8.96. The van der Waals surface area contributed by atoms with E-state index in [1.54, 1.807) is 0 Å². The minimum absolute atomic E-state index is 0.0593. The molecule has 0 aliphatic heterocycles. The van der Waals surface area contributed by atoms with Crippen molar-refractivity contribution in [3.63, 3.8) is 0 Å². The maximum atomic E-state index is 13.2. The Bertz CT molecular complexity index is 472. The zero-order valence-corrected chi connectivity index (χ0v) is 7.45. The van der Waals surface area contributed by atoms with Crippen LogP contribution in [0.1, 0.15) is 0 Å². The van der Waals surface area contributed by atoms with E-state index in [9.17, 15) is 9.50 Å². The summed E-state index contributed by atoms with van der Waals surface area (Å²) in [6, 6.07) is 3.94. The molecule has 0 atom stereocenters. The fraction of sp³-hybridized carbons (Fsp3) is 0. The predicted molar refractivity (Wildman–Crippen MR) is 44.8 cm³/mol. The zero-order chi connectivity index (χ0) is 10.1. The Kier molecular flexibility index (Phi) is 2.09. The summed E-state index contributed by atoms with van der Waals surface area (Å²) in [5.74, 6) is -0.759. The molecule has 0 saturated heterocycles. The smallest absolute Gasteiger partial charge is 0.386 e. The van der Waals surface area contributed by atoms with Crippen molar-refractivity contribution in [2.24, 2.45) is 0 Å². The summed E-state index contributed by atoms with van der Waals surface area (Å²) >= 11 is 5.54. The van der Waals surface area contributed by atoms with Gasteiger partial charge in [-0.05, 0) is 18.2 Å². The Morgan fingerprint density at radius 1 is 1.36 bits per heavy atom. The Labute approximate surface area is 83.0 Å². The van der Waals surface area contributed by atoms with Crippen LogP contribution in [0.3, 0.4) is 0 Å². The summed E-state index contributed by atoms with van der Waals surface area (Å²) in [7, 11) is 0. The lowest BCUT2D eigenvalue weighted by Gasteiger charge is -1.96. The van der Waals surface area contributed by atoms with E-state index in [0.29, 0.717) is 0 Å². The highest BCUT2D eigenvalue weighted by Gasteiger charge is 2.13. The van der Waals surface area contributed by atoms with E-state index in [0.717, 1.165) is 6.07 Å². The second-order valence-electron chi connectivity index (χ2n) is 2.50. The minimum Gasteiger partial charge on any atom is -0.386 e. The summed E-state index contributed by atoms with van der Waals surface area (Å²) in [6.45, 7) is 0. The first-order chi connectivity index (χ1) is 6.66. The van der Waals surface area contributed by atoms with Gasteiger partial charge in [0.2, 0.25) is 0 Å². The van der Waals surface area contributed by atoms with Crippen molar-refractivity contribution in [3.05, 3.63) is 29.0 Å². The predicted octanol–water partition coefficient (Wildman–Crippen LogP) is 2.67. The van der Waals surface area contributed by atoms with Crippen LogP contribution in [0, 0.1) is 5.82 Å². The topological polar surface area (TPSA) is 58.8 Å². The molecule has 0 fully saturated rings. The standard InChI is InChI=1S/C8H3ClFN2O2/c9-4-1-2-5(6(10)3-4)7-11-12-8(13)14-7/h1-3H. The number of nitrogens with zero attached hydrogens (tertiary/aromatic N) is 2. The molecular formula is C8H3ClFN2O2. The van der Waals surface area contributed by atoms with E-state index in [-0.39, 0.29) is 16.5 Å². The van der Waals surface area contributed by atoms with Crippen LogP contribution >= 0.6 is 11.6 Å². The third-order valence-corrected chi connectivity index (χ3v) is 1.80. The number of rotatable bonds is 1. The van der Waals surface area contributed by atoms with E-state index >= 15 is 0 Å². The molecule has 0 amide bonds. The summed E-state index contributed by atoms with van der Waals surface area (Å²) in [6.07, 6.45) is -0.852. The SMILES string of the molecule is [O]c1nnc(-c2ccc(Cl)cc2F)o1. The summed E-state index contributed by atoms with van der Waals surface area (Å²) < 4.78 is 17.8. The molecule has 2 rings (SSSR count). The maximum absolute atomic E-state index is 13.2. The molecule has 4 nitrogen and oxygen atoms in total. The number of aromatic nitrogens is 2. The molecule has 1 aromatic heterocycles. The second-order valence-corrected chi connectivity index (χ2v) is 2.93. The first-order valence-electron chi connectivity index (χ1n) is 3.63. The Balaban J connectivity index is 2.52. The van der Waals surface area contributed by atoms with Crippen molar-refractivity contribution < 1.29 is 13.9 Å². The summed E-state index contributed by atoms with van der Waals surface area (Å²) in [4.78, 5) is 0. The van der Waals surface area contributed by atoms with Gasteiger partial charge in [0.25, 0.3) is 5.89 Å². The lowest BCUT2D eigenvalue weighted by Crippen LogP contribution is -1.84. The van der Waals surface area contributed by atoms with Gasteiger partial charge in [-0.2, -0.15) is 0 Å². The molecule has 0 aliphatic carbocycles. The van der Waals surface area contributed by atoms with E-state index in [2.05, 4.69) is 14.6 Å². The Morgan fingerprint density at radius 3 is 2.71 bits per heavy atom. The molecule has 1 radical (unpaired) electrons. The molecule has 2 aromatic rings. The van der Waals surface area contributed by atoms with Gasteiger partial charge in [0.05, 0.1) is 5.56 Å². The van der Waals surface area contributed by atoms with Gasteiger partial charge in [0.15, 0.2) is 0 Å². The van der Waals surface area contributed by atoms with Crippen LogP contribution in [-0.2, 0) is 5.11 Å². The van der Waals surface area contributed by atoms with Crippen molar-refractivity contribution in [2.75, 3.05) is 0 Å². The van der Waals surface area contributed by atoms with Gasteiger partial charge >= 0.3 is 6.08 Å². The fourth-order valence-corrected chi connectivity index (χ4v) is 1.14. The van der Waals surface area contributed by atoms with Crippen LogP contribution in [0.4, 0.5) is 4.39 Å². The number of halogens is 2. The second kappa shape index (κ2) is 3.26. The van der Waals surface area contributed by atoms with Crippen LogP contribution < -0.4 is 0 Å². The van der Waals surface area contributed by atoms with Crippen molar-refractivity contribution >= 4 is 11.6 Å². The molecule has 0 saturated carbocycles. The van der Waals surface area contributed by atoms with E-state index in [4.69, 9.17) is 11.6 Å². The van der Waals surface area contributed by atoms with Crippen LogP contribution in [0.2, 0.25) is 5.02 Å². The molecule has 1 aromatic carbocycles. The first-order valence-corrected chi connectivity index (χ1v) is 4.00. The highest BCUT2D eigenvalue weighted by molar-refractivity contribution is 6.30. The molecule has 0 N–H and O–H groups in total. The van der Waals surface area contributed by atoms with Gasteiger partial charge in [-0.3, -0.25) is 0 Å². The summed E-state index contributed by atoms with van der Waals surface area (Å²) in [5, 5.41) is 17.3. The average Bonchev–Trinajstić information content (AvgIpc) is 2.51. The molecule has 0 aliphatic rings. The van der Waals surface area contributed by atoms with Crippen LogP contribution in [-0.4, -0.2) is 10.2 Å². The van der Waals surface area contributed by atoms with Crippen LogP contribution in [0.15, 0.2) is 22.6 Å². The molecule has 0 bridgehead atoms.